The second-order valence-electron chi connectivity index (χ2n) is 4.98. The molecule has 104 valence electrons. The molecule has 0 spiro atoms. The molecule has 1 aliphatic carbocycles. The zero-order valence-electron chi connectivity index (χ0n) is 11.3. The Morgan fingerprint density at radius 3 is 2.53 bits per heavy atom. The zero-order valence-corrected chi connectivity index (χ0v) is 12.1. The topological polar surface area (TPSA) is 55.4 Å². The van der Waals surface area contributed by atoms with Crippen LogP contribution in [-0.4, -0.2) is 25.0 Å². The highest BCUT2D eigenvalue weighted by atomic mass is 32.1. The normalized spacial score (nSPS) is 22.8. The van der Waals surface area contributed by atoms with Gasteiger partial charge in [-0.3, -0.25) is 9.59 Å². The lowest BCUT2D eigenvalue weighted by Gasteiger charge is -2.27. The molecule has 19 heavy (non-hydrogen) atoms. The predicted molar refractivity (Wildman–Crippen MR) is 74.3 cm³/mol. The maximum absolute atomic E-state index is 12.1. The van der Waals surface area contributed by atoms with Gasteiger partial charge < -0.3 is 10.1 Å². The summed E-state index contributed by atoms with van der Waals surface area (Å²) in [6.07, 6.45) is 3.27. The van der Waals surface area contributed by atoms with Crippen molar-refractivity contribution in [2.45, 2.75) is 38.6 Å². The molecular formula is C14H19NO3S. The van der Waals surface area contributed by atoms with Crippen molar-refractivity contribution >= 4 is 23.2 Å². The summed E-state index contributed by atoms with van der Waals surface area (Å²) in [4.78, 5) is 24.3. The molecule has 4 nitrogen and oxygen atoms in total. The molecule has 1 aromatic heterocycles. The van der Waals surface area contributed by atoms with Gasteiger partial charge in [-0.1, -0.05) is 0 Å². The zero-order chi connectivity index (χ0) is 13.8. The van der Waals surface area contributed by atoms with E-state index in [1.54, 1.807) is 0 Å². The lowest BCUT2D eigenvalue weighted by molar-refractivity contribution is -0.146. The van der Waals surface area contributed by atoms with Gasteiger partial charge in [0, 0.05) is 6.04 Å². The largest absolute Gasteiger partial charge is 0.469 e. The van der Waals surface area contributed by atoms with Gasteiger partial charge in [0.15, 0.2) is 0 Å². The standard InChI is InChI=1S/C14H19NO3S/c1-9-7-8-19-12(9)13(16)15-11-5-3-10(4-6-11)14(17)18-2/h7-8,10-11H,3-6H2,1-2H3,(H,15,16). The van der Waals surface area contributed by atoms with Gasteiger partial charge in [-0.25, -0.2) is 0 Å². The van der Waals surface area contributed by atoms with Crippen molar-refractivity contribution in [1.82, 2.24) is 5.32 Å². The van der Waals surface area contributed by atoms with E-state index in [1.165, 1.54) is 18.4 Å². The summed E-state index contributed by atoms with van der Waals surface area (Å²) in [5.74, 6) is -0.116. The molecule has 0 aliphatic heterocycles. The second-order valence-corrected chi connectivity index (χ2v) is 5.89. The van der Waals surface area contributed by atoms with E-state index in [-0.39, 0.29) is 23.8 Å². The van der Waals surface area contributed by atoms with Crippen molar-refractivity contribution in [3.05, 3.63) is 21.9 Å². The van der Waals surface area contributed by atoms with Gasteiger partial charge >= 0.3 is 5.97 Å². The SMILES string of the molecule is COC(=O)C1CCC(NC(=O)c2sccc2C)CC1. The number of carbonyl (C=O) groups is 2. The van der Waals surface area contributed by atoms with Crippen molar-refractivity contribution in [3.8, 4) is 0 Å². The van der Waals surface area contributed by atoms with Gasteiger partial charge in [0.05, 0.1) is 17.9 Å². The molecule has 1 saturated carbocycles. The molecule has 0 aromatic carbocycles. The quantitative estimate of drug-likeness (QED) is 0.866. The van der Waals surface area contributed by atoms with Gasteiger partial charge in [-0.2, -0.15) is 0 Å². The molecular weight excluding hydrogens is 262 g/mol. The third kappa shape index (κ3) is 3.35. The average molecular weight is 281 g/mol. The molecule has 1 heterocycles. The minimum absolute atomic E-state index is 0.00151. The van der Waals surface area contributed by atoms with E-state index >= 15 is 0 Å². The van der Waals surface area contributed by atoms with Crippen molar-refractivity contribution in [3.63, 3.8) is 0 Å². The highest BCUT2D eigenvalue weighted by Gasteiger charge is 2.28. The third-order valence-electron chi connectivity index (χ3n) is 3.67. The molecule has 1 fully saturated rings. The molecule has 0 radical (unpaired) electrons. The van der Waals surface area contributed by atoms with Crippen LogP contribution in [0.2, 0.25) is 0 Å². The number of aryl methyl sites for hydroxylation is 1. The molecule has 0 saturated heterocycles. The first-order chi connectivity index (χ1) is 9.11. The number of esters is 1. The van der Waals surface area contributed by atoms with Crippen LogP contribution >= 0.6 is 11.3 Å². The minimum Gasteiger partial charge on any atom is -0.469 e. The van der Waals surface area contributed by atoms with Crippen LogP contribution in [0, 0.1) is 12.8 Å². The van der Waals surface area contributed by atoms with Gasteiger partial charge in [0.1, 0.15) is 0 Å². The van der Waals surface area contributed by atoms with Crippen molar-refractivity contribution < 1.29 is 14.3 Å². The Hall–Kier alpha value is -1.36. The van der Waals surface area contributed by atoms with Crippen molar-refractivity contribution in [2.75, 3.05) is 7.11 Å². The van der Waals surface area contributed by atoms with Crippen LogP contribution in [0.3, 0.4) is 0 Å². The maximum atomic E-state index is 12.1. The Balaban J connectivity index is 1.85. The summed E-state index contributed by atoms with van der Waals surface area (Å²) in [7, 11) is 1.43. The number of nitrogens with one attached hydrogen (secondary N) is 1. The van der Waals surface area contributed by atoms with E-state index in [9.17, 15) is 9.59 Å². The molecule has 1 aliphatic rings. The molecule has 5 heteroatoms. The summed E-state index contributed by atoms with van der Waals surface area (Å²) in [5, 5.41) is 4.99. The van der Waals surface area contributed by atoms with Crippen LogP contribution in [-0.2, 0) is 9.53 Å². The fourth-order valence-electron chi connectivity index (χ4n) is 2.50. The van der Waals surface area contributed by atoms with Crippen LogP contribution < -0.4 is 5.32 Å². The van der Waals surface area contributed by atoms with Crippen LogP contribution in [0.5, 0.6) is 0 Å². The smallest absolute Gasteiger partial charge is 0.308 e. The number of rotatable bonds is 3. The Kier molecular flexibility index (Phi) is 4.58. The predicted octanol–water partition coefficient (Wildman–Crippen LogP) is 2.52. The van der Waals surface area contributed by atoms with Gasteiger partial charge in [-0.05, 0) is 49.6 Å². The Bertz CT molecular complexity index is 461. The summed E-state index contributed by atoms with van der Waals surface area (Å²) < 4.78 is 4.76. The summed E-state index contributed by atoms with van der Waals surface area (Å²) in [6, 6.07) is 2.13. The van der Waals surface area contributed by atoms with E-state index in [0.717, 1.165) is 36.1 Å². The highest BCUT2D eigenvalue weighted by molar-refractivity contribution is 7.12. The number of amides is 1. The molecule has 0 bridgehead atoms. The molecule has 2 rings (SSSR count). The number of carbonyl (C=O) groups excluding carboxylic acids is 2. The van der Waals surface area contributed by atoms with Crippen LogP contribution in [0.15, 0.2) is 11.4 Å². The molecule has 0 unspecified atom stereocenters. The van der Waals surface area contributed by atoms with E-state index < -0.39 is 0 Å². The fourth-order valence-corrected chi connectivity index (χ4v) is 3.32. The number of hydrogen-bond acceptors (Lipinski definition) is 4. The van der Waals surface area contributed by atoms with E-state index in [2.05, 4.69) is 5.32 Å². The fraction of sp³-hybridized carbons (Fsp3) is 0.571. The van der Waals surface area contributed by atoms with Gasteiger partial charge in [-0.15, -0.1) is 11.3 Å². The molecule has 0 atom stereocenters. The lowest BCUT2D eigenvalue weighted by atomic mass is 9.86. The number of thiophene rings is 1. The summed E-state index contributed by atoms with van der Waals surface area (Å²) in [6.45, 7) is 1.94. The Labute approximate surface area is 117 Å². The lowest BCUT2D eigenvalue weighted by Crippen LogP contribution is -2.38. The van der Waals surface area contributed by atoms with E-state index in [4.69, 9.17) is 4.74 Å². The van der Waals surface area contributed by atoms with Crippen LogP contribution in [0.1, 0.15) is 40.9 Å². The number of hydrogen-bond donors (Lipinski definition) is 1. The highest BCUT2D eigenvalue weighted by Crippen LogP contribution is 2.26. The van der Waals surface area contributed by atoms with Crippen molar-refractivity contribution in [1.29, 1.82) is 0 Å². The monoisotopic (exact) mass is 281 g/mol. The first-order valence-electron chi connectivity index (χ1n) is 6.54. The molecule has 1 aromatic rings. The molecule has 1 N–H and O–H groups in total. The molecule has 1 amide bonds. The van der Waals surface area contributed by atoms with Gasteiger partial charge in [0.2, 0.25) is 0 Å². The summed E-state index contributed by atoms with van der Waals surface area (Å²) in [5.41, 5.74) is 1.02. The Morgan fingerprint density at radius 2 is 2.00 bits per heavy atom. The first kappa shape index (κ1) is 14.1. The number of ether oxygens (including phenoxy) is 1. The number of methoxy groups -OCH3 is 1. The van der Waals surface area contributed by atoms with E-state index in [0.29, 0.717) is 0 Å². The van der Waals surface area contributed by atoms with E-state index in [1.807, 2.05) is 18.4 Å². The summed E-state index contributed by atoms with van der Waals surface area (Å²) >= 11 is 1.47. The van der Waals surface area contributed by atoms with Crippen molar-refractivity contribution in [2.24, 2.45) is 5.92 Å². The average Bonchev–Trinajstić information content (AvgIpc) is 2.85. The third-order valence-corrected chi connectivity index (χ3v) is 4.68. The van der Waals surface area contributed by atoms with Crippen LogP contribution in [0.25, 0.3) is 0 Å². The first-order valence-corrected chi connectivity index (χ1v) is 7.42. The van der Waals surface area contributed by atoms with Gasteiger partial charge in [0.25, 0.3) is 5.91 Å². The second kappa shape index (κ2) is 6.19. The minimum atomic E-state index is -0.126. The Morgan fingerprint density at radius 1 is 1.32 bits per heavy atom. The van der Waals surface area contributed by atoms with Crippen LogP contribution in [0.4, 0.5) is 0 Å². The maximum Gasteiger partial charge on any atom is 0.308 e.